The number of carbonyl (C=O) groups is 2. The number of likely N-dealkylation sites (tertiary alicyclic amines) is 2. The molecule has 1 spiro atoms. The molecule has 2 aromatic rings. The highest BCUT2D eigenvalue weighted by molar-refractivity contribution is 5.89. The third-order valence-corrected chi connectivity index (χ3v) is 7.98. The van der Waals surface area contributed by atoms with Crippen LogP contribution in [0.1, 0.15) is 54.8 Å². The molecule has 0 saturated carbocycles. The third kappa shape index (κ3) is 4.99. The summed E-state index contributed by atoms with van der Waals surface area (Å²) in [5.41, 5.74) is 1.36. The lowest BCUT2D eigenvalue weighted by Gasteiger charge is -2.39. The van der Waals surface area contributed by atoms with Crippen LogP contribution in [-0.4, -0.2) is 66.3 Å². The molecule has 198 valence electrons. The second kappa shape index (κ2) is 10.5. The smallest absolute Gasteiger partial charge is 0.249 e. The first kappa shape index (κ1) is 25.7. The Morgan fingerprint density at radius 2 is 1.86 bits per heavy atom. The highest BCUT2D eigenvalue weighted by Crippen LogP contribution is 2.45. The molecule has 37 heavy (non-hydrogen) atoms. The van der Waals surface area contributed by atoms with Gasteiger partial charge in [-0.2, -0.15) is 0 Å². The lowest BCUT2D eigenvalue weighted by molar-refractivity contribution is -0.143. The molecule has 6 nitrogen and oxygen atoms in total. The van der Waals surface area contributed by atoms with E-state index in [1.54, 1.807) is 18.0 Å². The van der Waals surface area contributed by atoms with Crippen LogP contribution in [0.2, 0.25) is 0 Å². The summed E-state index contributed by atoms with van der Waals surface area (Å²) in [7, 11) is 1.67. The molecule has 0 radical (unpaired) electrons. The van der Waals surface area contributed by atoms with Crippen LogP contribution in [0.25, 0.3) is 0 Å². The number of hydrogen-bond acceptors (Lipinski definition) is 4. The van der Waals surface area contributed by atoms with Crippen LogP contribution in [0.5, 0.6) is 0 Å². The van der Waals surface area contributed by atoms with E-state index in [1.165, 1.54) is 17.0 Å². The van der Waals surface area contributed by atoms with Gasteiger partial charge in [-0.05, 0) is 61.6 Å². The molecule has 1 atom stereocenters. The molecule has 2 amide bonds. The molecule has 3 aliphatic heterocycles. The largest absolute Gasteiger partial charge is 0.365 e. The minimum atomic E-state index is -1.04. The number of benzene rings is 2. The van der Waals surface area contributed by atoms with E-state index in [-0.39, 0.29) is 23.2 Å². The summed E-state index contributed by atoms with van der Waals surface area (Å²) in [6.45, 7) is 3.60. The van der Waals surface area contributed by atoms with E-state index in [9.17, 15) is 22.8 Å². The van der Waals surface area contributed by atoms with Crippen molar-refractivity contribution in [3.05, 3.63) is 70.5 Å². The van der Waals surface area contributed by atoms with Crippen LogP contribution in [0.4, 0.5) is 13.2 Å². The average molecular weight is 516 g/mol. The maximum atomic E-state index is 14.6. The lowest BCUT2D eigenvalue weighted by atomic mass is 9.83. The fourth-order valence-corrected chi connectivity index (χ4v) is 5.95. The van der Waals surface area contributed by atoms with Gasteiger partial charge in [-0.1, -0.05) is 18.2 Å². The number of hydrogen-bond donors (Lipinski definition) is 0. The van der Waals surface area contributed by atoms with Gasteiger partial charge in [-0.15, -0.1) is 0 Å². The van der Waals surface area contributed by atoms with Gasteiger partial charge in [0.1, 0.15) is 11.9 Å². The third-order valence-electron chi connectivity index (χ3n) is 7.98. The summed E-state index contributed by atoms with van der Waals surface area (Å²) >= 11 is 0. The number of rotatable bonds is 7. The van der Waals surface area contributed by atoms with Crippen LogP contribution in [-0.2, 0) is 26.5 Å². The first-order valence-corrected chi connectivity index (χ1v) is 12.9. The fourth-order valence-electron chi connectivity index (χ4n) is 5.95. The summed E-state index contributed by atoms with van der Waals surface area (Å²) in [5, 5.41) is 0. The number of piperidine rings is 1. The van der Waals surface area contributed by atoms with Crippen molar-refractivity contribution in [1.29, 1.82) is 0 Å². The molecular weight excluding hydrogens is 483 g/mol. The van der Waals surface area contributed by atoms with Crippen molar-refractivity contribution >= 4 is 11.8 Å². The highest BCUT2D eigenvalue weighted by Gasteiger charge is 2.44. The molecule has 2 saturated heterocycles. The van der Waals surface area contributed by atoms with Crippen molar-refractivity contribution in [2.75, 3.05) is 39.8 Å². The Kier molecular flexibility index (Phi) is 7.27. The van der Waals surface area contributed by atoms with Crippen LogP contribution >= 0.6 is 0 Å². The van der Waals surface area contributed by atoms with Crippen LogP contribution in [0.15, 0.2) is 36.4 Å². The maximum absolute atomic E-state index is 14.6. The molecule has 9 heteroatoms. The Morgan fingerprint density at radius 1 is 1.08 bits per heavy atom. The number of carbonyl (C=O) groups excluding carboxylic acids is 2. The summed E-state index contributed by atoms with van der Waals surface area (Å²) in [4.78, 5) is 31.2. The van der Waals surface area contributed by atoms with Crippen molar-refractivity contribution in [3.63, 3.8) is 0 Å². The Bertz CT molecular complexity index is 1180. The zero-order valence-electron chi connectivity index (χ0n) is 21.0. The van der Waals surface area contributed by atoms with E-state index >= 15 is 0 Å². The van der Waals surface area contributed by atoms with Crippen LogP contribution in [0, 0.1) is 17.5 Å². The second-order valence-corrected chi connectivity index (χ2v) is 10.3. The van der Waals surface area contributed by atoms with Gasteiger partial charge in [0.05, 0.1) is 12.2 Å². The molecule has 0 N–H and O–H groups in total. The number of ether oxygens (including phenoxy) is 1. The number of amides is 2. The summed E-state index contributed by atoms with van der Waals surface area (Å²) in [5.74, 6) is -2.71. The molecule has 0 bridgehead atoms. The molecule has 5 rings (SSSR count). The van der Waals surface area contributed by atoms with Crippen LogP contribution in [0.3, 0.4) is 0 Å². The molecule has 3 aliphatic rings. The predicted octanol–water partition coefficient (Wildman–Crippen LogP) is 4.14. The van der Waals surface area contributed by atoms with Crippen molar-refractivity contribution in [3.8, 4) is 0 Å². The summed E-state index contributed by atoms with van der Waals surface area (Å²) in [6.07, 6.45) is 3.10. The lowest BCUT2D eigenvalue weighted by Crippen LogP contribution is -2.45. The SMILES string of the molecule is CN(CCCN1CCC2(CC1)OCc1cccc(F)c12)C(=O)C(c1ccc(F)c(F)c1)N1CCCC1=O. The number of likely N-dealkylation sites (N-methyl/N-ethyl adjacent to an activating group) is 1. The van der Waals surface area contributed by atoms with Crippen molar-refractivity contribution in [2.45, 2.75) is 50.4 Å². The van der Waals surface area contributed by atoms with Crippen molar-refractivity contribution < 1.29 is 27.5 Å². The zero-order valence-corrected chi connectivity index (χ0v) is 21.0. The minimum absolute atomic E-state index is 0.161. The highest BCUT2D eigenvalue weighted by atomic mass is 19.2. The molecule has 2 aromatic carbocycles. The van der Waals surface area contributed by atoms with Gasteiger partial charge in [0, 0.05) is 45.2 Å². The Hall–Kier alpha value is -2.91. The molecule has 0 aromatic heterocycles. The van der Waals surface area contributed by atoms with Gasteiger partial charge in [-0.25, -0.2) is 13.2 Å². The Labute approximate surface area is 215 Å². The topological polar surface area (TPSA) is 53.1 Å². The van der Waals surface area contributed by atoms with E-state index in [0.717, 1.165) is 37.3 Å². The van der Waals surface area contributed by atoms with Crippen LogP contribution < -0.4 is 0 Å². The van der Waals surface area contributed by atoms with E-state index in [4.69, 9.17) is 4.74 Å². The monoisotopic (exact) mass is 515 g/mol. The van der Waals surface area contributed by atoms with Gasteiger partial charge in [0.2, 0.25) is 11.8 Å². The van der Waals surface area contributed by atoms with Gasteiger partial charge in [-0.3, -0.25) is 9.59 Å². The minimum Gasteiger partial charge on any atom is -0.365 e. The van der Waals surface area contributed by atoms with E-state index in [1.807, 2.05) is 6.07 Å². The average Bonchev–Trinajstić information content (AvgIpc) is 3.47. The Morgan fingerprint density at radius 3 is 2.57 bits per heavy atom. The summed E-state index contributed by atoms with van der Waals surface area (Å²) < 4.78 is 48.1. The predicted molar refractivity (Wildman–Crippen MR) is 131 cm³/mol. The fraction of sp³-hybridized carbons (Fsp3) is 0.500. The molecule has 0 aliphatic carbocycles. The van der Waals surface area contributed by atoms with Gasteiger partial charge in [0.25, 0.3) is 0 Å². The zero-order chi connectivity index (χ0) is 26.2. The normalized spacial score (nSPS) is 19.9. The van der Waals surface area contributed by atoms with E-state index in [0.29, 0.717) is 57.4 Å². The van der Waals surface area contributed by atoms with E-state index < -0.39 is 23.3 Å². The first-order valence-electron chi connectivity index (χ1n) is 12.9. The van der Waals surface area contributed by atoms with Crippen molar-refractivity contribution in [1.82, 2.24) is 14.7 Å². The molecular formula is C28H32F3N3O3. The molecule has 3 heterocycles. The molecule has 2 fully saturated rings. The second-order valence-electron chi connectivity index (χ2n) is 10.3. The maximum Gasteiger partial charge on any atom is 0.249 e. The first-order chi connectivity index (χ1) is 17.8. The van der Waals surface area contributed by atoms with Gasteiger partial charge < -0.3 is 19.4 Å². The molecule has 1 unspecified atom stereocenters. The van der Waals surface area contributed by atoms with E-state index in [2.05, 4.69) is 4.90 Å². The Balaban J connectivity index is 1.18. The van der Waals surface area contributed by atoms with Gasteiger partial charge >= 0.3 is 0 Å². The quantitative estimate of drug-likeness (QED) is 0.557. The number of nitrogens with zero attached hydrogens (tertiary/aromatic N) is 3. The number of halogens is 3. The summed E-state index contributed by atoms with van der Waals surface area (Å²) in [6, 6.07) is 7.54. The van der Waals surface area contributed by atoms with Crippen molar-refractivity contribution in [2.24, 2.45) is 0 Å². The number of fused-ring (bicyclic) bond motifs is 2. The van der Waals surface area contributed by atoms with Gasteiger partial charge in [0.15, 0.2) is 11.6 Å². The standard InChI is InChI=1S/C28H32F3N3O3/c1-32(27(36)26(34-14-3-7-24(34)35)19-8-9-21(29)23(31)17-19)12-4-13-33-15-10-28(11-16-33)25-20(18-37-28)5-2-6-22(25)30/h2,5-6,8-9,17,26H,3-4,7,10-16,18H2,1H3.